The fourth-order valence-electron chi connectivity index (χ4n) is 3.40. The van der Waals surface area contributed by atoms with E-state index in [1.54, 1.807) is 4.90 Å². The van der Waals surface area contributed by atoms with E-state index in [4.69, 9.17) is 4.74 Å². The SMILES string of the molecule is Cc1cccc(CCNC(=O)N2CCN(C(=O)C3CCCO3)CC2)c1. The van der Waals surface area contributed by atoms with Crippen molar-refractivity contribution in [3.63, 3.8) is 0 Å². The Morgan fingerprint density at radius 1 is 1.20 bits per heavy atom. The molecule has 1 aromatic carbocycles. The van der Waals surface area contributed by atoms with Crippen molar-refractivity contribution in [1.82, 2.24) is 15.1 Å². The number of hydrogen-bond acceptors (Lipinski definition) is 3. The third-order valence-electron chi connectivity index (χ3n) is 4.86. The van der Waals surface area contributed by atoms with Crippen LogP contribution in [0.15, 0.2) is 24.3 Å². The van der Waals surface area contributed by atoms with Crippen molar-refractivity contribution in [2.75, 3.05) is 39.3 Å². The summed E-state index contributed by atoms with van der Waals surface area (Å²) in [6, 6.07) is 8.28. The molecule has 6 nitrogen and oxygen atoms in total. The molecule has 2 saturated heterocycles. The second-order valence-corrected chi connectivity index (χ2v) is 6.78. The van der Waals surface area contributed by atoms with E-state index in [1.807, 2.05) is 11.0 Å². The third-order valence-corrected chi connectivity index (χ3v) is 4.86. The number of piperazine rings is 1. The third kappa shape index (κ3) is 4.72. The van der Waals surface area contributed by atoms with E-state index in [0.717, 1.165) is 19.3 Å². The van der Waals surface area contributed by atoms with Gasteiger partial charge in [0.1, 0.15) is 6.10 Å². The highest BCUT2D eigenvalue weighted by Crippen LogP contribution is 2.16. The van der Waals surface area contributed by atoms with Crippen LogP contribution < -0.4 is 5.32 Å². The molecular formula is C19H27N3O3. The van der Waals surface area contributed by atoms with Gasteiger partial charge in [-0.3, -0.25) is 4.79 Å². The van der Waals surface area contributed by atoms with Crippen LogP contribution in [0.25, 0.3) is 0 Å². The molecule has 0 saturated carbocycles. The summed E-state index contributed by atoms with van der Waals surface area (Å²) in [4.78, 5) is 28.2. The minimum atomic E-state index is -0.269. The quantitative estimate of drug-likeness (QED) is 0.901. The largest absolute Gasteiger partial charge is 0.368 e. The van der Waals surface area contributed by atoms with Crippen LogP contribution in [-0.2, 0) is 16.0 Å². The number of carbonyl (C=O) groups excluding carboxylic acids is 2. The average molecular weight is 345 g/mol. The molecule has 1 aromatic rings. The van der Waals surface area contributed by atoms with Crippen molar-refractivity contribution in [2.45, 2.75) is 32.3 Å². The number of rotatable bonds is 4. The lowest BCUT2D eigenvalue weighted by Gasteiger charge is -2.35. The first-order valence-corrected chi connectivity index (χ1v) is 9.12. The van der Waals surface area contributed by atoms with Crippen LogP contribution in [0, 0.1) is 6.92 Å². The van der Waals surface area contributed by atoms with E-state index in [9.17, 15) is 9.59 Å². The Hall–Kier alpha value is -2.08. The Morgan fingerprint density at radius 2 is 1.96 bits per heavy atom. The first-order chi connectivity index (χ1) is 12.1. The molecule has 0 aliphatic carbocycles. The topological polar surface area (TPSA) is 61.9 Å². The van der Waals surface area contributed by atoms with E-state index in [2.05, 4.69) is 30.4 Å². The number of nitrogens with one attached hydrogen (secondary N) is 1. The number of hydrogen-bond donors (Lipinski definition) is 1. The Bertz CT molecular complexity index is 606. The van der Waals surface area contributed by atoms with Crippen LogP contribution in [0.3, 0.4) is 0 Å². The molecule has 0 radical (unpaired) electrons. The first kappa shape index (κ1) is 17.7. The standard InChI is InChI=1S/C19H27N3O3/c1-15-4-2-5-16(14-15)7-8-20-19(24)22-11-9-21(10-12-22)18(23)17-6-3-13-25-17/h2,4-5,14,17H,3,6-13H2,1H3,(H,20,24). The van der Waals surface area contributed by atoms with Crippen LogP contribution in [-0.4, -0.2) is 67.2 Å². The minimum Gasteiger partial charge on any atom is -0.368 e. The molecule has 3 amide bonds. The number of carbonyl (C=O) groups is 2. The maximum atomic E-state index is 12.3. The molecule has 2 aliphatic heterocycles. The summed E-state index contributed by atoms with van der Waals surface area (Å²) in [6.07, 6.45) is 2.33. The molecule has 1 unspecified atom stereocenters. The average Bonchev–Trinajstić information content (AvgIpc) is 3.16. The molecule has 2 fully saturated rings. The van der Waals surface area contributed by atoms with Crippen molar-refractivity contribution in [2.24, 2.45) is 0 Å². The van der Waals surface area contributed by atoms with E-state index >= 15 is 0 Å². The van der Waals surface area contributed by atoms with Gasteiger partial charge in [0.05, 0.1) is 0 Å². The molecule has 0 bridgehead atoms. The van der Waals surface area contributed by atoms with Gasteiger partial charge < -0.3 is 19.9 Å². The summed E-state index contributed by atoms with van der Waals surface area (Å²) >= 11 is 0. The highest BCUT2D eigenvalue weighted by Gasteiger charge is 2.31. The monoisotopic (exact) mass is 345 g/mol. The fraction of sp³-hybridized carbons (Fsp3) is 0.579. The van der Waals surface area contributed by atoms with Crippen molar-refractivity contribution in [3.05, 3.63) is 35.4 Å². The molecule has 1 N–H and O–H groups in total. The van der Waals surface area contributed by atoms with E-state index < -0.39 is 0 Å². The normalized spacial score (nSPS) is 20.6. The van der Waals surface area contributed by atoms with Gasteiger partial charge in [-0.15, -0.1) is 0 Å². The summed E-state index contributed by atoms with van der Waals surface area (Å²) in [5, 5.41) is 2.98. The lowest BCUT2D eigenvalue weighted by atomic mass is 10.1. The molecule has 6 heteroatoms. The van der Waals surface area contributed by atoms with Crippen LogP contribution in [0.1, 0.15) is 24.0 Å². The Balaban J connectivity index is 1.38. The summed E-state index contributed by atoms with van der Waals surface area (Å²) in [5.74, 6) is 0.0806. The number of benzene rings is 1. The van der Waals surface area contributed by atoms with Gasteiger partial charge in [-0.25, -0.2) is 4.79 Å². The second-order valence-electron chi connectivity index (χ2n) is 6.78. The molecule has 25 heavy (non-hydrogen) atoms. The smallest absolute Gasteiger partial charge is 0.317 e. The van der Waals surface area contributed by atoms with Gasteiger partial charge in [0.15, 0.2) is 0 Å². The Labute approximate surface area is 149 Å². The molecule has 1 atom stereocenters. The number of ether oxygens (including phenoxy) is 1. The van der Waals surface area contributed by atoms with Crippen molar-refractivity contribution in [1.29, 1.82) is 0 Å². The van der Waals surface area contributed by atoms with Gasteiger partial charge in [0.2, 0.25) is 0 Å². The van der Waals surface area contributed by atoms with Crippen LogP contribution >= 0.6 is 0 Å². The Kier molecular flexibility index (Phi) is 5.91. The van der Waals surface area contributed by atoms with E-state index in [1.165, 1.54) is 11.1 Å². The first-order valence-electron chi connectivity index (χ1n) is 9.12. The van der Waals surface area contributed by atoms with Crippen molar-refractivity contribution >= 4 is 11.9 Å². The molecular weight excluding hydrogens is 318 g/mol. The highest BCUT2D eigenvalue weighted by atomic mass is 16.5. The van der Waals surface area contributed by atoms with Gasteiger partial charge >= 0.3 is 6.03 Å². The predicted molar refractivity (Wildman–Crippen MR) is 95.4 cm³/mol. The fourth-order valence-corrected chi connectivity index (χ4v) is 3.40. The molecule has 3 rings (SSSR count). The van der Waals surface area contributed by atoms with Crippen LogP contribution in [0.2, 0.25) is 0 Å². The lowest BCUT2D eigenvalue weighted by Crippen LogP contribution is -2.55. The van der Waals surface area contributed by atoms with Gasteiger partial charge in [-0.1, -0.05) is 29.8 Å². The van der Waals surface area contributed by atoms with Crippen LogP contribution in [0.5, 0.6) is 0 Å². The van der Waals surface area contributed by atoms with Crippen LogP contribution in [0.4, 0.5) is 4.79 Å². The van der Waals surface area contributed by atoms with E-state index in [0.29, 0.717) is 39.3 Å². The summed E-state index contributed by atoms with van der Waals surface area (Å²) < 4.78 is 5.46. The highest BCUT2D eigenvalue weighted by molar-refractivity contribution is 5.81. The van der Waals surface area contributed by atoms with Gasteiger partial charge in [-0.05, 0) is 31.7 Å². The molecule has 0 aromatic heterocycles. The van der Waals surface area contributed by atoms with E-state index in [-0.39, 0.29) is 18.0 Å². The summed E-state index contributed by atoms with van der Waals surface area (Å²) in [5.41, 5.74) is 2.46. The number of aryl methyl sites for hydroxylation is 1. The predicted octanol–water partition coefficient (Wildman–Crippen LogP) is 1.57. The van der Waals surface area contributed by atoms with Gasteiger partial charge in [0, 0.05) is 39.3 Å². The zero-order valence-corrected chi connectivity index (χ0v) is 14.9. The number of nitrogens with zero attached hydrogens (tertiary/aromatic N) is 2. The van der Waals surface area contributed by atoms with Gasteiger partial charge in [0.25, 0.3) is 5.91 Å². The maximum Gasteiger partial charge on any atom is 0.317 e. The number of urea groups is 1. The number of amides is 3. The second kappa shape index (κ2) is 8.34. The zero-order valence-electron chi connectivity index (χ0n) is 14.9. The lowest BCUT2D eigenvalue weighted by molar-refractivity contribution is -0.142. The minimum absolute atomic E-state index is 0.0446. The Morgan fingerprint density at radius 3 is 2.64 bits per heavy atom. The zero-order chi connectivity index (χ0) is 17.6. The van der Waals surface area contributed by atoms with Crippen molar-refractivity contribution < 1.29 is 14.3 Å². The molecule has 2 aliphatic rings. The summed E-state index contributed by atoms with van der Waals surface area (Å²) in [6.45, 7) is 5.70. The maximum absolute atomic E-state index is 12.3. The molecule has 0 spiro atoms. The van der Waals surface area contributed by atoms with Gasteiger partial charge in [-0.2, -0.15) is 0 Å². The molecule has 2 heterocycles. The summed E-state index contributed by atoms with van der Waals surface area (Å²) in [7, 11) is 0. The van der Waals surface area contributed by atoms with Crippen molar-refractivity contribution in [3.8, 4) is 0 Å². The molecule has 136 valence electrons.